The number of amides is 2. The Kier molecular flexibility index (Phi) is 5.34. The van der Waals surface area contributed by atoms with Crippen LogP contribution in [0.15, 0.2) is 28.6 Å². The van der Waals surface area contributed by atoms with Crippen LogP contribution in [-0.4, -0.2) is 27.1 Å². The number of thioether (sulfide) groups is 1. The first-order valence-corrected chi connectivity index (χ1v) is 9.73. The van der Waals surface area contributed by atoms with Crippen LogP contribution in [0.5, 0.6) is 0 Å². The summed E-state index contributed by atoms with van der Waals surface area (Å²) in [6.07, 6.45) is 0.686. The van der Waals surface area contributed by atoms with E-state index in [2.05, 4.69) is 15.3 Å². The van der Waals surface area contributed by atoms with Gasteiger partial charge < -0.3 is 5.32 Å². The molecule has 130 valence electrons. The number of benzene rings is 1. The molecule has 2 heterocycles. The number of anilines is 1. The zero-order valence-electron chi connectivity index (χ0n) is 14.3. The fourth-order valence-corrected chi connectivity index (χ4v) is 4.58. The summed E-state index contributed by atoms with van der Waals surface area (Å²) >= 11 is 2.94. The van der Waals surface area contributed by atoms with Crippen molar-refractivity contribution in [2.75, 3.05) is 5.32 Å². The van der Waals surface area contributed by atoms with Gasteiger partial charge in [0.1, 0.15) is 5.25 Å². The lowest BCUT2D eigenvalue weighted by molar-refractivity contribution is -0.121. The molecular weight excluding hydrogens is 354 g/mol. The van der Waals surface area contributed by atoms with Crippen LogP contribution in [0, 0.1) is 20.8 Å². The number of rotatable bonds is 5. The zero-order valence-corrected chi connectivity index (χ0v) is 16.0. The molecule has 7 heteroatoms. The van der Waals surface area contributed by atoms with Crippen molar-refractivity contribution in [3.05, 3.63) is 45.4 Å². The smallest absolute Gasteiger partial charge is 0.260 e. The largest absolute Gasteiger partial charge is 0.326 e. The summed E-state index contributed by atoms with van der Waals surface area (Å²) in [6.45, 7) is 5.85. The van der Waals surface area contributed by atoms with Crippen molar-refractivity contribution in [1.29, 1.82) is 0 Å². The summed E-state index contributed by atoms with van der Waals surface area (Å²) in [5, 5.41) is 6.14. The number of hydrogen-bond donors (Lipinski definition) is 1. The molecule has 2 amide bonds. The summed E-state index contributed by atoms with van der Waals surface area (Å²) in [4.78, 5) is 32.9. The van der Waals surface area contributed by atoms with E-state index in [1.165, 1.54) is 11.8 Å². The molecule has 1 aliphatic heterocycles. The molecule has 0 bridgehead atoms. The van der Waals surface area contributed by atoms with Gasteiger partial charge in [0.2, 0.25) is 5.91 Å². The van der Waals surface area contributed by atoms with E-state index in [0.717, 1.165) is 32.6 Å². The molecule has 2 aromatic rings. The van der Waals surface area contributed by atoms with E-state index in [1.54, 1.807) is 11.3 Å². The molecule has 0 radical (unpaired) electrons. The molecule has 0 saturated heterocycles. The molecule has 0 spiro atoms. The highest BCUT2D eigenvalue weighted by Crippen LogP contribution is 2.29. The van der Waals surface area contributed by atoms with Gasteiger partial charge in [-0.15, -0.1) is 11.3 Å². The van der Waals surface area contributed by atoms with Gasteiger partial charge in [-0.3, -0.25) is 9.59 Å². The lowest BCUT2D eigenvalue weighted by Gasteiger charge is -2.12. The predicted molar refractivity (Wildman–Crippen MR) is 104 cm³/mol. The Balaban J connectivity index is 1.59. The number of carbonyl (C=O) groups is 2. The second-order valence-electron chi connectivity index (χ2n) is 6.03. The molecule has 3 rings (SSSR count). The fraction of sp³-hybridized carbons (Fsp3) is 0.333. The minimum absolute atomic E-state index is 0.126. The van der Waals surface area contributed by atoms with E-state index in [1.807, 2.05) is 44.4 Å². The van der Waals surface area contributed by atoms with Crippen LogP contribution in [0.4, 0.5) is 5.69 Å². The van der Waals surface area contributed by atoms with Crippen molar-refractivity contribution in [3.63, 3.8) is 0 Å². The van der Waals surface area contributed by atoms with Gasteiger partial charge in [-0.2, -0.15) is 0 Å². The quantitative estimate of drug-likeness (QED) is 0.868. The lowest BCUT2D eigenvalue weighted by Crippen LogP contribution is -2.22. The maximum atomic E-state index is 12.3. The maximum Gasteiger partial charge on any atom is 0.260 e. The third-order valence-electron chi connectivity index (χ3n) is 3.87. The molecule has 5 nitrogen and oxygen atoms in total. The average molecular weight is 374 g/mol. The van der Waals surface area contributed by atoms with Crippen molar-refractivity contribution in [3.8, 4) is 0 Å². The molecule has 1 aromatic heterocycles. The van der Waals surface area contributed by atoms with E-state index >= 15 is 0 Å². The number of aliphatic imine (C=N–C) groups is 1. The van der Waals surface area contributed by atoms with Gasteiger partial charge in [0.25, 0.3) is 5.91 Å². The molecule has 1 aliphatic rings. The summed E-state index contributed by atoms with van der Waals surface area (Å²) in [5.41, 5.74) is 3.81. The van der Waals surface area contributed by atoms with Gasteiger partial charge in [-0.05, 0) is 31.9 Å². The van der Waals surface area contributed by atoms with E-state index in [0.29, 0.717) is 6.42 Å². The molecule has 1 atom stereocenters. The van der Waals surface area contributed by atoms with Gasteiger partial charge >= 0.3 is 0 Å². The number of para-hydroxylation sites is 1. The minimum Gasteiger partial charge on any atom is -0.326 e. The molecule has 25 heavy (non-hydrogen) atoms. The van der Waals surface area contributed by atoms with Crippen molar-refractivity contribution < 1.29 is 9.59 Å². The van der Waals surface area contributed by atoms with Crippen LogP contribution in [0.25, 0.3) is 0 Å². The van der Waals surface area contributed by atoms with Gasteiger partial charge in [0.15, 0.2) is 0 Å². The Labute approximate surface area is 155 Å². The topological polar surface area (TPSA) is 71.4 Å². The Bertz CT molecular complexity index is 838. The minimum atomic E-state index is -0.444. The molecule has 0 unspecified atom stereocenters. The van der Waals surface area contributed by atoms with E-state index in [4.69, 9.17) is 0 Å². The first-order valence-electron chi connectivity index (χ1n) is 7.97. The SMILES string of the molecule is Cc1csc(CC2=NC(=O)[C@H](CC(=O)Nc3c(C)cccc3C)S2)n1. The summed E-state index contributed by atoms with van der Waals surface area (Å²) in [5.74, 6) is -0.394. The van der Waals surface area contributed by atoms with Crippen molar-refractivity contribution >= 4 is 45.6 Å². The van der Waals surface area contributed by atoms with Crippen molar-refractivity contribution in [2.45, 2.75) is 38.9 Å². The molecule has 1 N–H and O–H groups in total. The van der Waals surface area contributed by atoms with Crippen LogP contribution in [-0.2, 0) is 16.0 Å². The third-order valence-corrected chi connectivity index (χ3v) is 6.00. The normalized spacial score (nSPS) is 16.8. The molecule has 0 saturated carbocycles. The van der Waals surface area contributed by atoms with E-state index < -0.39 is 5.25 Å². The van der Waals surface area contributed by atoms with Gasteiger partial charge in [0, 0.05) is 29.6 Å². The zero-order chi connectivity index (χ0) is 18.0. The van der Waals surface area contributed by atoms with Crippen LogP contribution < -0.4 is 5.32 Å². The molecule has 0 fully saturated rings. The Morgan fingerprint density at radius 3 is 2.60 bits per heavy atom. The summed E-state index contributed by atoms with van der Waals surface area (Å²) in [7, 11) is 0. The number of aryl methyl sites for hydroxylation is 3. The average Bonchev–Trinajstić information content (AvgIpc) is 3.09. The van der Waals surface area contributed by atoms with Crippen LogP contribution in [0.2, 0.25) is 0 Å². The van der Waals surface area contributed by atoms with Crippen LogP contribution in [0.1, 0.15) is 28.2 Å². The van der Waals surface area contributed by atoms with Gasteiger partial charge in [-0.25, -0.2) is 9.98 Å². The van der Waals surface area contributed by atoms with Gasteiger partial charge in [0.05, 0.1) is 10.1 Å². The number of nitrogens with one attached hydrogen (secondary N) is 1. The van der Waals surface area contributed by atoms with Crippen molar-refractivity contribution in [1.82, 2.24) is 4.98 Å². The number of nitrogens with zero attached hydrogens (tertiary/aromatic N) is 2. The number of hydrogen-bond acceptors (Lipinski definition) is 5. The first-order chi connectivity index (χ1) is 11.9. The summed E-state index contributed by atoms with van der Waals surface area (Å²) in [6, 6.07) is 5.86. The number of thiazole rings is 1. The van der Waals surface area contributed by atoms with Crippen molar-refractivity contribution in [2.24, 2.45) is 4.99 Å². The first kappa shape index (κ1) is 17.8. The van der Waals surface area contributed by atoms with Crippen LogP contribution in [0.3, 0.4) is 0 Å². The summed E-state index contributed by atoms with van der Waals surface area (Å²) < 4.78 is 0. The second-order valence-corrected chi connectivity index (χ2v) is 8.25. The predicted octanol–water partition coefficient (Wildman–Crippen LogP) is 3.68. The second kappa shape index (κ2) is 7.49. The molecular formula is C18H19N3O2S2. The highest BCUT2D eigenvalue weighted by atomic mass is 32.2. The Morgan fingerprint density at radius 1 is 1.24 bits per heavy atom. The molecule has 0 aliphatic carbocycles. The van der Waals surface area contributed by atoms with E-state index in [9.17, 15) is 9.59 Å². The third kappa shape index (κ3) is 4.35. The molecule has 1 aromatic carbocycles. The Hall–Kier alpha value is -1.99. The van der Waals surface area contributed by atoms with Crippen LogP contribution >= 0.6 is 23.1 Å². The fourth-order valence-electron chi connectivity index (χ4n) is 2.63. The van der Waals surface area contributed by atoms with Gasteiger partial charge in [-0.1, -0.05) is 30.0 Å². The monoisotopic (exact) mass is 373 g/mol. The standard InChI is InChI=1S/C18H19N3O2S2/c1-10-5-4-6-11(2)17(10)20-14(22)7-13-18(23)21-16(25-13)8-15-19-12(3)9-24-15/h4-6,9,13H,7-8H2,1-3H3,(H,20,22)/t13-/m0/s1. The lowest BCUT2D eigenvalue weighted by atomic mass is 10.1. The number of carbonyl (C=O) groups excluding carboxylic acids is 2. The highest BCUT2D eigenvalue weighted by Gasteiger charge is 2.30. The van der Waals surface area contributed by atoms with E-state index in [-0.39, 0.29) is 18.2 Å². The highest BCUT2D eigenvalue weighted by molar-refractivity contribution is 8.15. The number of aromatic nitrogens is 1. The Morgan fingerprint density at radius 2 is 1.96 bits per heavy atom. The maximum absolute atomic E-state index is 12.3.